The molecular weight excluding hydrogens is 129 g/mol. The summed E-state index contributed by atoms with van der Waals surface area (Å²) in [5.41, 5.74) is 0.488. The lowest BCUT2D eigenvalue weighted by Gasteiger charge is -1.90. The molecule has 0 amide bonds. The van der Waals surface area contributed by atoms with Crippen LogP contribution in [0.15, 0.2) is 24.4 Å². The maximum absolute atomic E-state index is 10.5. The molecule has 9 heavy (non-hydrogen) atoms. The molecule has 0 fully saturated rings. The second-order valence-electron chi connectivity index (χ2n) is 1.58. The van der Waals surface area contributed by atoms with E-state index in [1.165, 1.54) is 0 Å². The van der Waals surface area contributed by atoms with Crippen molar-refractivity contribution in [3.8, 4) is 0 Å². The van der Waals surface area contributed by atoms with Crippen molar-refractivity contribution < 1.29 is 4.79 Å². The molecule has 0 N–H and O–H groups in total. The fourth-order valence-electron chi connectivity index (χ4n) is 0.509. The first-order valence-electron chi connectivity index (χ1n) is 2.51. The molecule has 0 aliphatic rings. The Hall–Kier alpha value is -0.648. The van der Waals surface area contributed by atoms with E-state index in [0.717, 1.165) is 0 Å². The molecule has 0 bridgehead atoms. The number of aromatic nitrogens is 1. The molecule has 0 aliphatic heterocycles. The van der Waals surface area contributed by atoms with Gasteiger partial charge >= 0.3 is 0 Å². The molecular formula is C6H4AlNO. The van der Waals surface area contributed by atoms with Gasteiger partial charge in [-0.2, -0.15) is 0 Å². The summed E-state index contributed by atoms with van der Waals surface area (Å²) in [6, 6.07) is 5.23. The van der Waals surface area contributed by atoms with Gasteiger partial charge in [0, 0.05) is 6.20 Å². The second kappa shape index (κ2) is 2.77. The fraction of sp³-hybridized carbons (Fsp3) is 0. The lowest BCUT2D eigenvalue weighted by Crippen LogP contribution is -1.98. The zero-order valence-electron chi connectivity index (χ0n) is 4.74. The van der Waals surface area contributed by atoms with E-state index < -0.39 is 0 Å². The third-order valence-electron chi connectivity index (χ3n) is 0.917. The molecule has 2 radical (unpaired) electrons. The van der Waals surface area contributed by atoms with Crippen LogP contribution in [0.25, 0.3) is 0 Å². The van der Waals surface area contributed by atoms with Gasteiger partial charge in [-0.15, -0.1) is 0 Å². The van der Waals surface area contributed by atoms with E-state index >= 15 is 0 Å². The van der Waals surface area contributed by atoms with Crippen LogP contribution in [0.2, 0.25) is 0 Å². The predicted molar refractivity (Wildman–Crippen MR) is 34.3 cm³/mol. The Kier molecular flexibility index (Phi) is 1.99. The quantitative estimate of drug-likeness (QED) is 0.518. The Morgan fingerprint density at radius 3 is 2.67 bits per heavy atom. The first-order valence-corrected chi connectivity index (χ1v) is 3.09. The Labute approximate surface area is 61.3 Å². The summed E-state index contributed by atoms with van der Waals surface area (Å²) in [6.45, 7) is 0. The van der Waals surface area contributed by atoms with Crippen LogP contribution < -0.4 is 0 Å². The summed E-state index contributed by atoms with van der Waals surface area (Å²) in [4.78, 5) is 14.4. The molecule has 3 heteroatoms. The van der Waals surface area contributed by atoms with Crippen molar-refractivity contribution in [3.05, 3.63) is 30.1 Å². The molecule has 1 heterocycles. The molecule has 0 aliphatic carbocycles. The van der Waals surface area contributed by atoms with E-state index in [4.69, 9.17) is 0 Å². The third-order valence-corrected chi connectivity index (χ3v) is 1.21. The molecule has 1 aromatic rings. The predicted octanol–water partition coefficient (Wildman–Crippen LogP) is 0.390. The lowest BCUT2D eigenvalue weighted by atomic mass is 10.4. The Morgan fingerprint density at radius 2 is 2.33 bits per heavy atom. The van der Waals surface area contributed by atoms with Crippen molar-refractivity contribution in [1.29, 1.82) is 0 Å². The van der Waals surface area contributed by atoms with Crippen molar-refractivity contribution in [2.45, 2.75) is 0 Å². The molecule has 2 nitrogen and oxygen atoms in total. The number of hydrogen-bond donors (Lipinski definition) is 0. The molecule has 0 unspecified atom stereocenters. The van der Waals surface area contributed by atoms with Gasteiger partial charge in [-0.1, -0.05) is 6.07 Å². The Balaban J connectivity index is 2.98. The average molecular weight is 133 g/mol. The van der Waals surface area contributed by atoms with Crippen molar-refractivity contribution in [2.75, 3.05) is 0 Å². The molecule has 0 spiro atoms. The molecule has 42 valence electrons. The van der Waals surface area contributed by atoms with Gasteiger partial charge in [0.2, 0.25) is 0 Å². The van der Waals surface area contributed by atoms with Crippen molar-refractivity contribution in [3.63, 3.8) is 0 Å². The zero-order valence-corrected chi connectivity index (χ0v) is 5.90. The van der Waals surface area contributed by atoms with Crippen LogP contribution in [0, 0.1) is 0 Å². The monoisotopic (exact) mass is 133 g/mol. The normalized spacial score (nSPS) is 8.89. The second-order valence-corrected chi connectivity index (χ2v) is 2.10. The lowest BCUT2D eigenvalue weighted by molar-refractivity contribution is 0.107. The number of nitrogens with zero attached hydrogens (tertiary/aromatic N) is 1. The number of pyridine rings is 1. The highest BCUT2D eigenvalue weighted by Gasteiger charge is 1.93. The van der Waals surface area contributed by atoms with Crippen molar-refractivity contribution in [2.24, 2.45) is 0 Å². The maximum Gasteiger partial charge on any atom is 0.253 e. The summed E-state index contributed by atoms with van der Waals surface area (Å²) in [6.07, 6.45) is 1.59. The van der Waals surface area contributed by atoms with Crippen molar-refractivity contribution >= 4 is 20.9 Å². The summed E-state index contributed by atoms with van der Waals surface area (Å²) in [7, 11) is 0. The largest absolute Gasteiger partial charge is 0.317 e. The van der Waals surface area contributed by atoms with E-state index in [9.17, 15) is 4.79 Å². The molecule has 0 saturated heterocycles. The zero-order chi connectivity index (χ0) is 6.69. The van der Waals surface area contributed by atoms with Crippen LogP contribution in [-0.2, 0) is 0 Å². The summed E-state index contributed by atoms with van der Waals surface area (Å²) >= 11 is 2.07. The van der Waals surface area contributed by atoms with Gasteiger partial charge in [-0.05, 0) is 12.1 Å². The van der Waals surface area contributed by atoms with Gasteiger partial charge in [0.15, 0.2) is 0 Å². The number of rotatable bonds is 1. The van der Waals surface area contributed by atoms with Crippen LogP contribution in [0.3, 0.4) is 0 Å². The molecule has 0 saturated carbocycles. The molecule has 1 rings (SSSR count). The number of hydrogen-bond acceptors (Lipinski definition) is 2. The van der Waals surface area contributed by atoms with E-state index in [0.29, 0.717) is 5.69 Å². The smallest absolute Gasteiger partial charge is 0.253 e. The number of carbonyl (C=O) groups excluding carboxylic acids is 1. The van der Waals surface area contributed by atoms with Crippen molar-refractivity contribution in [1.82, 2.24) is 4.98 Å². The summed E-state index contributed by atoms with van der Waals surface area (Å²) in [5.74, 6) is 0. The Bertz CT molecular complexity index is 210. The van der Waals surface area contributed by atoms with Gasteiger partial charge in [-0.25, -0.2) is 0 Å². The minimum Gasteiger partial charge on any atom is -0.317 e. The maximum atomic E-state index is 10.5. The third kappa shape index (κ3) is 1.63. The minimum absolute atomic E-state index is 0.0735. The minimum atomic E-state index is -0.0735. The molecule has 0 aromatic carbocycles. The standard InChI is InChI=1S/C6H4NO.Al/c8-5-6-3-1-2-4-7-6;/h1-4H;. The first-order chi connectivity index (χ1) is 4.30. The highest BCUT2D eigenvalue weighted by Crippen LogP contribution is 1.90. The van der Waals surface area contributed by atoms with Gasteiger partial charge in [0.1, 0.15) is 0 Å². The highest BCUT2D eigenvalue weighted by atomic mass is 27.0. The van der Waals surface area contributed by atoms with Gasteiger partial charge in [0.05, 0.1) is 10.3 Å². The van der Waals surface area contributed by atoms with Crippen LogP contribution >= 0.6 is 0 Å². The molecule has 0 atom stereocenters. The summed E-state index contributed by atoms with van der Waals surface area (Å²) in [5, 5.41) is 0. The van der Waals surface area contributed by atoms with Gasteiger partial charge < -0.3 is 4.79 Å². The summed E-state index contributed by atoms with van der Waals surface area (Å²) < 4.78 is -0.0735. The SMILES string of the molecule is O=[C]([Al])c1ccccn1. The van der Waals surface area contributed by atoms with E-state index in [2.05, 4.69) is 21.3 Å². The van der Waals surface area contributed by atoms with Crippen LogP contribution in [0.1, 0.15) is 10.5 Å². The topological polar surface area (TPSA) is 30.0 Å². The average Bonchev–Trinajstić information content (AvgIpc) is 1.90. The van der Waals surface area contributed by atoms with Crippen LogP contribution in [0.5, 0.6) is 0 Å². The van der Waals surface area contributed by atoms with E-state index in [1.54, 1.807) is 24.4 Å². The van der Waals surface area contributed by atoms with Gasteiger partial charge in [0.25, 0.3) is 16.3 Å². The number of carbonyl (C=O) groups is 1. The van der Waals surface area contributed by atoms with Crippen LogP contribution in [-0.4, -0.2) is 25.9 Å². The molecule has 1 aromatic heterocycles. The Morgan fingerprint density at radius 1 is 1.56 bits per heavy atom. The van der Waals surface area contributed by atoms with E-state index in [1.807, 2.05) is 0 Å². The highest BCUT2D eigenvalue weighted by molar-refractivity contribution is 6.62. The first kappa shape index (κ1) is 6.47. The van der Waals surface area contributed by atoms with Crippen LogP contribution in [0.4, 0.5) is 0 Å². The van der Waals surface area contributed by atoms with Gasteiger partial charge in [-0.3, -0.25) is 4.98 Å². The van der Waals surface area contributed by atoms with E-state index in [-0.39, 0.29) is 4.65 Å². The fourth-order valence-corrected chi connectivity index (χ4v) is 0.679.